The van der Waals surface area contributed by atoms with Crippen molar-refractivity contribution >= 4 is 5.96 Å². The molecule has 3 N–H and O–H groups in total. The van der Waals surface area contributed by atoms with Gasteiger partial charge in [-0.25, -0.2) is 0 Å². The fourth-order valence-electron chi connectivity index (χ4n) is 2.43. The average molecular weight is 295 g/mol. The van der Waals surface area contributed by atoms with Crippen molar-refractivity contribution in [2.75, 3.05) is 13.1 Å². The summed E-state index contributed by atoms with van der Waals surface area (Å²) in [6, 6.07) is 21.1. The number of hydrogen-bond acceptors (Lipinski definition) is 1. The van der Waals surface area contributed by atoms with Crippen LogP contribution in [0.2, 0.25) is 0 Å². The van der Waals surface area contributed by atoms with Crippen LogP contribution in [0.5, 0.6) is 0 Å². The van der Waals surface area contributed by atoms with Crippen LogP contribution >= 0.6 is 0 Å². The Bertz CT molecular complexity index is 564. The molecule has 0 aromatic heterocycles. The third-order valence-corrected chi connectivity index (χ3v) is 3.63. The van der Waals surface area contributed by atoms with Crippen molar-refractivity contribution < 1.29 is 0 Å². The molecule has 2 aromatic carbocycles. The van der Waals surface area contributed by atoms with E-state index in [0.717, 1.165) is 19.4 Å². The van der Waals surface area contributed by atoms with Gasteiger partial charge >= 0.3 is 0 Å². The van der Waals surface area contributed by atoms with E-state index in [0.29, 0.717) is 18.4 Å². The van der Waals surface area contributed by atoms with Gasteiger partial charge in [-0.3, -0.25) is 4.99 Å². The lowest BCUT2D eigenvalue weighted by Crippen LogP contribution is -2.32. The summed E-state index contributed by atoms with van der Waals surface area (Å²) in [5.74, 6) is 0.876. The summed E-state index contributed by atoms with van der Waals surface area (Å²) in [6.07, 6.45) is 2.01. The van der Waals surface area contributed by atoms with Gasteiger partial charge in [-0.05, 0) is 24.0 Å². The van der Waals surface area contributed by atoms with Crippen LogP contribution in [0.4, 0.5) is 0 Å². The topological polar surface area (TPSA) is 50.4 Å². The highest BCUT2D eigenvalue weighted by molar-refractivity contribution is 5.77. The van der Waals surface area contributed by atoms with E-state index in [2.05, 4.69) is 65.8 Å². The number of guanidine groups is 1. The molecular formula is C19H25N3. The molecule has 0 aliphatic carbocycles. The standard InChI is InChI=1S/C19H25N3/c1-2-13-21-19(20)22-15-18(17-11-7-4-8-12-17)14-16-9-5-3-6-10-16/h3-12,18H,2,13-15H2,1H3,(H3,20,21,22). The molecule has 2 rings (SSSR count). The lowest BCUT2D eigenvalue weighted by molar-refractivity contribution is 0.690. The summed E-state index contributed by atoms with van der Waals surface area (Å²) >= 11 is 0. The highest BCUT2D eigenvalue weighted by Gasteiger charge is 2.12. The number of nitrogens with one attached hydrogen (secondary N) is 1. The van der Waals surface area contributed by atoms with Crippen molar-refractivity contribution in [1.82, 2.24) is 5.32 Å². The molecule has 2 aromatic rings. The van der Waals surface area contributed by atoms with Gasteiger partial charge in [0.2, 0.25) is 0 Å². The molecule has 22 heavy (non-hydrogen) atoms. The van der Waals surface area contributed by atoms with Gasteiger partial charge in [0.05, 0.1) is 0 Å². The molecular weight excluding hydrogens is 270 g/mol. The molecule has 0 fully saturated rings. The van der Waals surface area contributed by atoms with Crippen LogP contribution in [0.1, 0.15) is 30.4 Å². The lowest BCUT2D eigenvalue weighted by Gasteiger charge is -2.16. The predicted octanol–water partition coefficient (Wildman–Crippen LogP) is 3.33. The van der Waals surface area contributed by atoms with E-state index in [1.165, 1.54) is 11.1 Å². The molecule has 3 nitrogen and oxygen atoms in total. The van der Waals surface area contributed by atoms with Crippen LogP contribution in [0.15, 0.2) is 65.7 Å². The van der Waals surface area contributed by atoms with Gasteiger partial charge in [-0.2, -0.15) is 0 Å². The van der Waals surface area contributed by atoms with Crippen molar-refractivity contribution in [1.29, 1.82) is 0 Å². The Kier molecular flexibility index (Phi) is 6.49. The van der Waals surface area contributed by atoms with Gasteiger partial charge in [0.1, 0.15) is 0 Å². The maximum atomic E-state index is 5.92. The quantitative estimate of drug-likeness (QED) is 0.608. The Morgan fingerprint density at radius 1 is 1.05 bits per heavy atom. The van der Waals surface area contributed by atoms with Crippen LogP contribution in [-0.4, -0.2) is 19.0 Å². The fraction of sp³-hybridized carbons (Fsp3) is 0.316. The van der Waals surface area contributed by atoms with Crippen molar-refractivity contribution in [3.63, 3.8) is 0 Å². The molecule has 116 valence electrons. The number of nitrogens with two attached hydrogens (primary N) is 1. The summed E-state index contributed by atoms with van der Waals surface area (Å²) in [6.45, 7) is 3.67. The largest absolute Gasteiger partial charge is 0.370 e. The second-order valence-electron chi connectivity index (χ2n) is 5.45. The molecule has 0 heterocycles. The molecule has 0 amide bonds. The molecule has 3 heteroatoms. The summed E-state index contributed by atoms with van der Waals surface area (Å²) in [5.41, 5.74) is 8.55. The minimum atomic E-state index is 0.338. The van der Waals surface area contributed by atoms with Crippen molar-refractivity contribution in [2.24, 2.45) is 10.7 Å². The monoisotopic (exact) mass is 295 g/mol. The first kappa shape index (κ1) is 16.1. The van der Waals surface area contributed by atoms with Crippen LogP contribution in [0.3, 0.4) is 0 Å². The number of hydrogen-bond donors (Lipinski definition) is 2. The second kappa shape index (κ2) is 8.88. The maximum Gasteiger partial charge on any atom is 0.188 e. The van der Waals surface area contributed by atoms with Gasteiger partial charge in [0.15, 0.2) is 5.96 Å². The number of rotatable bonds is 7. The molecule has 0 saturated heterocycles. The number of aliphatic imine (C=N–C) groups is 1. The van der Waals surface area contributed by atoms with Crippen molar-refractivity contribution in [3.05, 3.63) is 71.8 Å². The molecule has 0 bridgehead atoms. The lowest BCUT2D eigenvalue weighted by atomic mass is 9.92. The maximum absolute atomic E-state index is 5.92. The van der Waals surface area contributed by atoms with Gasteiger partial charge in [-0.1, -0.05) is 67.6 Å². The minimum absolute atomic E-state index is 0.338. The normalized spacial score (nSPS) is 12.9. The van der Waals surface area contributed by atoms with Crippen LogP contribution < -0.4 is 11.1 Å². The first-order valence-electron chi connectivity index (χ1n) is 7.92. The average Bonchev–Trinajstić information content (AvgIpc) is 2.58. The van der Waals surface area contributed by atoms with E-state index in [1.807, 2.05) is 12.1 Å². The van der Waals surface area contributed by atoms with Crippen LogP contribution in [0, 0.1) is 0 Å². The Morgan fingerprint density at radius 3 is 2.32 bits per heavy atom. The summed E-state index contributed by atoms with van der Waals surface area (Å²) < 4.78 is 0. The Hall–Kier alpha value is -2.29. The van der Waals surface area contributed by atoms with E-state index >= 15 is 0 Å². The molecule has 0 saturated carbocycles. The molecule has 0 aliphatic rings. The van der Waals surface area contributed by atoms with Crippen molar-refractivity contribution in [3.8, 4) is 0 Å². The van der Waals surface area contributed by atoms with Gasteiger partial charge < -0.3 is 11.1 Å². The SMILES string of the molecule is CCCNC(N)=NCC(Cc1ccccc1)c1ccccc1. The van der Waals surface area contributed by atoms with Gasteiger partial charge in [0, 0.05) is 19.0 Å². The van der Waals surface area contributed by atoms with Crippen LogP contribution in [-0.2, 0) is 6.42 Å². The van der Waals surface area contributed by atoms with Gasteiger partial charge in [-0.15, -0.1) is 0 Å². The predicted molar refractivity (Wildman–Crippen MR) is 94.1 cm³/mol. The fourth-order valence-corrected chi connectivity index (χ4v) is 2.43. The second-order valence-corrected chi connectivity index (χ2v) is 5.45. The Morgan fingerprint density at radius 2 is 1.68 bits per heavy atom. The highest BCUT2D eigenvalue weighted by atomic mass is 15.1. The summed E-state index contributed by atoms with van der Waals surface area (Å²) in [7, 11) is 0. The number of benzene rings is 2. The van der Waals surface area contributed by atoms with E-state index < -0.39 is 0 Å². The number of nitrogens with zero attached hydrogens (tertiary/aromatic N) is 1. The zero-order chi connectivity index (χ0) is 15.6. The molecule has 0 aliphatic heterocycles. The molecule has 1 unspecified atom stereocenters. The third-order valence-electron chi connectivity index (χ3n) is 3.63. The molecule has 1 atom stereocenters. The summed E-state index contributed by atoms with van der Waals surface area (Å²) in [4.78, 5) is 4.52. The van der Waals surface area contributed by atoms with E-state index in [1.54, 1.807) is 0 Å². The van der Waals surface area contributed by atoms with E-state index in [-0.39, 0.29) is 0 Å². The third kappa shape index (κ3) is 5.24. The van der Waals surface area contributed by atoms with Crippen LogP contribution in [0.25, 0.3) is 0 Å². The van der Waals surface area contributed by atoms with E-state index in [9.17, 15) is 0 Å². The first-order chi connectivity index (χ1) is 10.8. The minimum Gasteiger partial charge on any atom is -0.370 e. The highest BCUT2D eigenvalue weighted by Crippen LogP contribution is 2.21. The Balaban J connectivity index is 2.08. The van der Waals surface area contributed by atoms with E-state index in [4.69, 9.17) is 5.73 Å². The molecule has 0 spiro atoms. The smallest absolute Gasteiger partial charge is 0.188 e. The van der Waals surface area contributed by atoms with Crippen molar-refractivity contribution in [2.45, 2.75) is 25.7 Å². The summed E-state index contributed by atoms with van der Waals surface area (Å²) in [5, 5.41) is 3.13. The van der Waals surface area contributed by atoms with Gasteiger partial charge in [0.25, 0.3) is 0 Å². The Labute approximate surface area is 133 Å². The first-order valence-corrected chi connectivity index (χ1v) is 7.92. The molecule has 0 radical (unpaired) electrons. The zero-order valence-corrected chi connectivity index (χ0v) is 13.2. The zero-order valence-electron chi connectivity index (χ0n) is 13.2.